The van der Waals surface area contributed by atoms with Crippen LogP contribution in [0, 0.1) is 0 Å². The Labute approximate surface area is 140 Å². The molecule has 3 heterocycles. The molecule has 2 aliphatic rings. The Kier molecular flexibility index (Phi) is 4.04. The molecule has 1 aromatic heterocycles. The smallest absolute Gasteiger partial charge is 0.241 e. The van der Waals surface area contributed by atoms with Gasteiger partial charge in [0.2, 0.25) is 11.9 Å². The van der Waals surface area contributed by atoms with Crippen molar-refractivity contribution in [3.05, 3.63) is 30.6 Å². The average molecular weight is 328 g/mol. The summed E-state index contributed by atoms with van der Waals surface area (Å²) in [5, 5.41) is 6.77. The molecule has 126 valence electrons. The van der Waals surface area contributed by atoms with Crippen LogP contribution in [0.4, 0.5) is 11.6 Å². The highest BCUT2D eigenvalue weighted by atomic mass is 16.5. The number of nitrogens with one attached hydrogen (secondary N) is 1. The number of piperazine rings is 1. The van der Waals surface area contributed by atoms with Gasteiger partial charge in [0, 0.05) is 26.2 Å². The van der Waals surface area contributed by atoms with E-state index >= 15 is 0 Å². The number of ether oxygens (including phenoxy) is 1. The van der Waals surface area contributed by atoms with Crippen LogP contribution in [0.15, 0.2) is 30.6 Å². The molecule has 1 amide bonds. The Bertz CT molecular complexity index is 696. The molecule has 2 aromatic rings. The second-order valence-electron chi connectivity index (χ2n) is 5.93. The highest BCUT2D eigenvalue weighted by Crippen LogP contribution is 2.31. The van der Waals surface area contributed by atoms with Crippen LogP contribution in [-0.4, -0.2) is 71.9 Å². The quantitative estimate of drug-likeness (QED) is 0.876. The van der Waals surface area contributed by atoms with E-state index in [1.165, 1.54) is 6.33 Å². The third-order valence-electron chi connectivity index (χ3n) is 4.46. The van der Waals surface area contributed by atoms with Crippen molar-refractivity contribution in [3.63, 3.8) is 0 Å². The first kappa shape index (κ1) is 14.9. The minimum atomic E-state index is 0.124. The normalized spacial score (nSPS) is 18.2. The molecule has 0 aliphatic carbocycles. The van der Waals surface area contributed by atoms with E-state index in [1.54, 1.807) is 0 Å². The summed E-state index contributed by atoms with van der Waals surface area (Å²) in [5.41, 5.74) is 0.869. The summed E-state index contributed by atoms with van der Waals surface area (Å²) in [6.07, 6.45) is 1.51. The van der Waals surface area contributed by atoms with Crippen molar-refractivity contribution in [3.8, 4) is 5.75 Å². The molecule has 1 N–H and O–H groups in total. The molecule has 24 heavy (non-hydrogen) atoms. The van der Waals surface area contributed by atoms with E-state index < -0.39 is 0 Å². The van der Waals surface area contributed by atoms with Crippen LogP contribution in [0.1, 0.15) is 0 Å². The molecule has 1 fully saturated rings. The standard InChI is InChI=1S/C16H20N6O2/c23-15(22-9-10-24-14-4-2-1-3-13(14)22)11-20-5-7-21(8-6-20)16-17-12-18-19-16/h1-4,12H,5-11H2,(H,17,18,19). The highest BCUT2D eigenvalue weighted by molar-refractivity contribution is 5.96. The number of fused-ring (bicyclic) bond motifs is 1. The molecule has 8 heteroatoms. The molecule has 0 bridgehead atoms. The Balaban J connectivity index is 1.36. The number of aromatic amines is 1. The van der Waals surface area contributed by atoms with Crippen molar-refractivity contribution in [2.75, 3.05) is 55.7 Å². The lowest BCUT2D eigenvalue weighted by Gasteiger charge is -2.36. The number of aromatic nitrogens is 3. The fourth-order valence-electron chi connectivity index (χ4n) is 3.17. The van der Waals surface area contributed by atoms with Crippen LogP contribution in [0.3, 0.4) is 0 Å². The summed E-state index contributed by atoms with van der Waals surface area (Å²) in [4.78, 5) is 23.1. The molecule has 1 saturated heterocycles. The van der Waals surface area contributed by atoms with Gasteiger partial charge in [-0.25, -0.2) is 5.10 Å². The van der Waals surface area contributed by atoms with Crippen LogP contribution in [0.25, 0.3) is 0 Å². The number of hydrogen-bond acceptors (Lipinski definition) is 6. The monoisotopic (exact) mass is 328 g/mol. The maximum Gasteiger partial charge on any atom is 0.241 e. The summed E-state index contributed by atoms with van der Waals surface area (Å²) >= 11 is 0. The van der Waals surface area contributed by atoms with Gasteiger partial charge in [-0.05, 0) is 12.1 Å². The zero-order chi connectivity index (χ0) is 16.4. The summed E-state index contributed by atoms with van der Waals surface area (Å²) in [6, 6.07) is 7.71. The van der Waals surface area contributed by atoms with Crippen molar-refractivity contribution in [1.29, 1.82) is 0 Å². The lowest BCUT2D eigenvalue weighted by molar-refractivity contribution is -0.120. The number of carbonyl (C=O) groups is 1. The van der Waals surface area contributed by atoms with E-state index in [0.29, 0.717) is 19.7 Å². The number of para-hydroxylation sites is 2. The molecule has 4 rings (SSSR count). The number of rotatable bonds is 3. The Hall–Kier alpha value is -2.61. The largest absolute Gasteiger partial charge is 0.490 e. The summed E-state index contributed by atoms with van der Waals surface area (Å²) in [7, 11) is 0. The molecule has 0 spiro atoms. The lowest BCUT2D eigenvalue weighted by Crippen LogP contribution is -2.51. The van der Waals surface area contributed by atoms with Crippen molar-refractivity contribution < 1.29 is 9.53 Å². The zero-order valence-corrected chi connectivity index (χ0v) is 13.4. The topological polar surface area (TPSA) is 77.6 Å². The first-order valence-corrected chi connectivity index (χ1v) is 8.16. The van der Waals surface area contributed by atoms with Gasteiger partial charge in [0.05, 0.1) is 18.8 Å². The number of nitrogens with zero attached hydrogens (tertiary/aromatic N) is 5. The number of benzene rings is 1. The molecule has 0 radical (unpaired) electrons. The molecule has 2 aliphatic heterocycles. The van der Waals surface area contributed by atoms with Gasteiger partial charge in [-0.3, -0.25) is 9.69 Å². The van der Waals surface area contributed by atoms with Gasteiger partial charge in [0.15, 0.2) is 0 Å². The number of H-pyrrole nitrogens is 1. The predicted molar refractivity (Wildman–Crippen MR) is 89.3 cm³/mol. The maximum atomic E-state index is 12.7. The second-order valence-corrected chi connectivity index (χ2v) is 5.93. The lowest BCUT2D eigenvalue weighted by atomic mass is 10.2. The van der Waals surface area contributed by atoms with Gasteiger partial charge in [0.25, 0.3) is 0 Å². The fourth-order valence-corrected chi connectivity index (χ4v) is 3.17. The minimum Gasteiger partial charge on any atom is -0.490 e. The van der Waals surface area contributed by atoms with E-state index in [4.69, 9.17) is 4.74 Å². The van der Waals surface area contributed by atoms with E-state index in [1.807, 2.05) is 29.2 Å². The van der Waals surface area contributed by atoms with Gasteiger partial charge >= 0.3 is 0 Å². The summed E-state index contributed by atoms with van der Waals surface area (Å²) in [6.45, 7) is 4.91. The molecule has 1 aromatic carbocycles. The minimum absolute atomic E-state index is 0.124. The third kappa shape index (κ3) is 2.92. The number of anilines is 2. The number of amides is 1. The molecular formula is C16H20N6O2. The Morgan fingerprint density at radius 3 is 2.79 bits per heavy atom. The van der Waals surface area contributed by atoms with Crippen molar-refractivity contribution in [2.24, 2.45) is 0 Å². The van der Waals surface area contributed by atoms with Crippen LogP contribution in [0.2, 0.25) is 0 Å². The van der Waals surface area contributed by atoms with Gasteiger partial charge in [-0.1, -0.05) is 12.1 Å². The van der Waals surface area contributed by atoms with Crippen LogP contribution < -0.4 is 14.5 Å². The summed E-state index contributed by atoms with van der Waals surface area (Å²) in [5.74, 6) is 1.70. The average Bonchev–Trinajstić information content (AvgIpc) is 3.16. The Morgan fingerprint density at radius 1 is 1.17 bits per heavy atom. The van der Waals surface area contributed by atoms with Crippen molar-refractivity contribution in [2.45, 2.75) is 0 Å². The van der Waals surface area contributed by atoms with Gasteiger partial charge in [-0.2, -0.15) is 10.1 Å². The zero-order valence-electron chi connectivity index (χ0n) is 13.4. The number of carbonyl (C=O) groups excluding carboxylic acids is 1. The highest BCUT2D eigenvalue weighted by Gasteiger charge is 2.26. The number of hydrogen-bond donors (Lipinski definition) is 1. The van der Waals surface area contributed by atoms with Gasteiger partial charge in [-0.15, -0.1) is 0 Å². The first-order valence-electron chi connectivity index (χ1n) is 8.16. The third-order valence-corrected chi connectivity index (χ3v) is 4.46. The molecule has 0 saturated carbocycles. The molecule has 0 unspecified atom stereocenters. The SMILES string of the molecule is O=C(CN1CCN(c2ncn[nH]2)CC1)N1CCOc2ccccc21. The van der Waals surface area contributed by atoms with E-state index in [-0.39, 0.29) is 5.91 Å². The van der Waals surface area contributed by atoms with Crippen molar-refractivity contribution >= 4 is 17.5 Å². The maximum absolute atomic E-state index is 12.7. The van der Waals surface area contributed by atoms with E-state index in [9.17, 15) is 4.79 Å². The van der Waals surface area contributed by atoms with Gasteiger partial charge < -0.3 is 14.5 Å². The Morgan fingerprint density at radius 2 is 2.00 bits per heavy atom. The molecule has 0 atom stereocenters. The van der Waals surface area contributed by atoms with E-state index in [0.717, 1.165) is 43.6 Å². The molecular weight excluding hydrogens is 308 g/mol. The fraction of sp³-hybridized carbons (Fsp3) is 0.438. The predicted octanol–water partition coefficient (Wildman–Crippen LogP) is 0.352. The van der Waals surface area contributed by atoms with Crippen LogP contribution >= 0.6 is 0 Å². The van der Waals surface area contributed by atoms with Crippen molar-refractivity contribution in [1.82, 2.24) is 20.1 Å². The van der Waals surface area contributed by atoms with E-state index in [2.05, 4.69) is 25.0 Å². The van der Waals surface area contributed by atoms with Crippen LogP contribution in [0.5, 0.6) is 5.75 Å². The molecule has 8 nitrogen and oxygen atoms in total. The second kappa shape index (κ2) is 6.48. The first-order chi connectivity index (χ1) is 11.8. The van der Waals surface area contributed by atoms with Gasteiger partial charge in [0.1, 0.15) is 18.7 Å². The summed E-state index contributed by atoms with van der Waals surface area (Å²) < 4.78 is 5.62. The van der Waals surface area contributed by atoms with Crippen LogP contribution in [-0.2, 0) is 4.79 Å².